The molecule has 3 aliphatic rings. The van der Waals surface area contributed by atoms with E-state index in [1.54, 1.807) is 10.9 Å². The van der Waals surface area contributed by atoms with Crippen LogP contribution in [0.15, 0.2) is 12.4 Å². The highest BCUT2D eigenvalue weighted by Crippen LogP contribution is 2.35. The molecule has 2 saturated heterocycles. The Labute approximate surface area is 137 Å². The van der Waals surface area contributed by atoms with Gasteiger partial charge in [-0.2, -0.15) is 5.10 Å². The Bertz CT molecular complexity index is 573. The fraction of sp³-hybridized carbons (Fsp3) is 0.765. The van der Waals surface area contributed by atoms with Gasteiger partial charge < -0.3 is 15.0 Å². The molecule has 0 bridgehead atoms. The number of nitrogens with zero attached hydrogens (tertiary/aromatic N) is 3. The minimum Gasteiger partial charge on any atom is -0.378 e. The molecule has 1 saturated carbocycles. The molecule has 1 aromatic heterocycles. The maximum atomic E-state index is 12.9. The average Bonchev–Trinajstić information content (AvgIpc) is 3.18. The number of anilines is 1. The maximum Gasteiger partial charge on any atom is 0.244 e. The normalized spacial score (nSPS) is 34.7. The van der Waals surface area contributed by atoms with Crippen molar-refractivity contribution in [1.29, 1.82) is 0 Å². The summed E-state index contributed by atoms with van der Waals surface area (Å²) in [5.41, 5.74) is 0.912. The van der Waals surface area contributed by atoms with E-state index in [9.17, 15) is 4.79 Å². The van der Waals surface area contributed by atoms with E-state index in [0.29, 0.717) is 18.1 Å². The zero-order valence-corrected chi connectivity index (χ0v) is 13.8. The van der Waals surface area contributed by atoms with Gasteiger partial charge in [0.15, 0.2) is 0 Å². The number of aromatic nitrogens is 2. The summed E-state index contributed by atoms with van der Waals surface area (Å²) in [6.07, 6.45) is 10.8. The van der Waals surface area contributed by atoms with Crippen molar-refractivity contribution in [2.75, 3.05) is 18.1 Å². The molecule has 1 amide bonds. The third kappa shape index (κ3) is 2.90. The fourth-order valence-corrected chi connectivity index (χ4v) is 4.48. The molecule has 1 aliphatic carbocycles. The highest BCUT2D eigenvalue weighted by Gasteiger charge is 2.40. The molecular weight excluding hydrogens is 292 g/mol. The van der Waals surface area contributed by atoms with E-state index in [-0.39, 0.29) is 11.9 Å². The molecule has 6 heteroatoms. The number of hydrogen-bond donors (Lipinski definition) is 1. The van der Waals surface area contributed by atoms with E-state index in [1.807, 2.05) is 18.1 Å². The Morgan fingerprint density at radius 3 is 3.00 bits per heavy atom. The van der Waals surface area contributed by atoms with Crippen molar-refractivity contribution in [3.05, 3.63) is 12.4 Å². The minimum atomic E-state index is -0.0618. The minimum absolute atomic E-state index is 0.0618. The molecular formula is C17H26N4O2. The summed E-state index contributed by atoms with van der Waals surface area (Å²) in [7, 11) is 1.88. The van der Waals surface area contributed by atoms with Crippen molar-refractivity contribution in [2.45, 2.75) is 56.7 Å². The van der Waals surface area contributed by atoms with Crippen LogP contribution in [-0.4, -0.2) is 47.0 Å². The molecule has 126 valence electrons. The Morgan fingerprint density at radius 1 is 1.26 bits per heavy atom. The van der Waals surface area contributed by atoms with Crippen LogP contribution in [0.2, 0.25) is 0 Å². The molecule has 0 unspecified atom stereocenters. The Kier molecular flexibility index (Phi) is 4.11. The standard InChI is InChI=1S/C17H26N4O2/c1-20-11-12(10-18-20)21-8-3-5-15(17(21)22)19-14-4-2-6-16-13(14)7-9-23-16/h10-11,13-16,19H,2-9H2,1H3/t13-,14-,15+,16+/m1/s1. The van der Waals surface area contributed by atoms with Crippen LogP contribution in [0.1, 0.15) is 38.5 Å². The summed E-state index contributed by atoms with van der Waals surface area (Å²) in [5.74, 6) is 0.788. The van der Waals surface area contributed by atoms with Crippen molar-refractivity contribution < 1.29 is 9.53 Å². The lowest BCUT2D eigenvalue weighted by molar-refractivity contribution is -0.122. The predicted molar refractivity (Wildman–Crippen MR) is 87.2 cm³/mol. The second kappa shape index (κ2) is 6.24. The number of piperidine rings is 1. The first-order valence-electron chi connectivity index (χ1n) is 8.90. The third-order valence-electron chi connectivity index (χ3n) is 5.64. The summed E-state index contributed by atoms with van der Waals surface area (Å²) in [4.78, 5) is 14.8. The zero-order chi connectivity index (χ0) is 15.8. The SMILES string of the molecule is Cn1cc(N2CCC[C@H](N[C@@H]3CCC[C@@H]4OCC[C@@H]43)C2=O)cn1. The van der Waals surface area contributed by atoms with Gasteiger partial charge in [-0.1, -0.05) is 0 Å². The molecule has 0 spiro atoms. The van der Waals surface area contributed by atoms with Crippen LogP contribution < -0.4 is 10.2 Å². The van der Waals surface area contributed by atoms with Gasteiger partial charge in [-0.05, 0) is 38.5 Å². The van der Waals surface area contributed by atoms with Gasteiger partial charge in [-0.3, -0.25) is 9.48 Å². The molecule has 2 aliphatic heterocycles. The lowest BCUT2D eigenvalue weighted by atomic mass is 9.81. The average molecular weight is 318 g/mol. The van der Waals surface area contributed by atoms with E-state index >= 15 is 0 Å². The predicted octanol–water partition coefficient (Wildman–Crippen LogP) is 1.46. The quantitative estimate of drug-likeness (QED) is 0.917. The first-order valence-corrected chi connectivity index (χ1v) is 8.90. The second-order valence-corrected chi connectivity index (χ2v) is 7.12. The van der Waals surface area contributed by atoms with Gasteiger partial charge in [-0.15, -0.1) is 0 Å². The monoisotopic (exact) mass is 318 g/mol. The van der Waals surface area contributed by atoms with Crippen molar-refractivity contribution >= 4 is 11.6 Å². The van der Waals surface area contributed by atoms with Crippen LogP contribution in [0.5, 0.6) is 0 Å². The number of aryl methyl sites for hydroxylation is 1. The van der Waals surface area contributed by atoms with Crippen molar-refractivity contribution in [3.8, 4) is 0 Å². The lowest BCUT2D eigenvalue weighted by Crippen LogP contribution is -2.56. The number of rotatable bonds is 3. The number of hydrogen-bond acceptors (Lipinski definition) is 4. The molecule has 3 fully saturated rings. The van der Waals surface area contributed by atoms with Gasteiger partial charge in [0, 0.05) is 38.4 Å². The molecule has 0 radical (unpaired) electrons. The van der Waals surface area contributed by atoms with Gasteiger partial charge in [0.2, 0.25) is 5.91 Å². The molecule has 1 N–H and O–H groups in total. The van der Waals surface area contributed by atoms with E-state index < -0.39 is 0 Å². The molecule has 0 aromatic carbocycles. The van der Waals surface area contributed by atoms with Crippen LogP contribution in [0.3, 0.4) is 0 Å². The lowest BCUT2D eigenvalue weighted by Gasteiger charge is -2.38. The fourth-order valence-electron chi connectivity index (χ4n) is 4.48. The topological polar surface area (TPSA) is 59.4 Å². The number of carbonyl (C=O) groups excluding carboxylic acids is 1. The summed E-state index contributed by atoms with van der Waals surface area (Å²) >= 11 is 0. The summed E-state index contributed by atoms with van der Waals surface area (Å²) in [5, 5.41) is 7.88. The van der Waals surface area contributed by atoms with Gasteiger partial charge in [-0.25, -0.2) is 0 Å². The summed E-state index contributed by atoms with van der Waals surface area (Å²) in [6.45, 7) is 1.68. The molecule has 3 heterocycles. The van der Waals surface area contributed by atoms with Crippen LogP contribution in [0.25, 0.3) is 0 Å². The zero-order valence-electron chi connectivity index (χ0n) is 13.8. The Hall–Kier alpha value is -1.40. The maximum absolute atomic E-state index is 12.9. The molecule has 23 heavy (non-hydrogen) atoms. The van der Waals surface area contributed by atoms with E-state index in [1.165, 1.54) is 19.3 Å². The van der Waals surface area contributed by atoms with Gasteiger partial charge in [0.1, 0.15) is 0 Å². The first-order chi connectivity index (χ1) is 11.2. The number of ether oxygens (including phenoxy) is 1. The van der Waals surface area contributed by atoms with E-state index in [0.717, 1.165) is 38.1 Å². The largest absolute Gasteiger partial charge is 0.378 e. The Morgan fingerprint density at radius 2 is 2.17 bits per heavy atom. The summed E-state index contributed by atoms with van der Waals surface area (Å²) < 4.78 is 7.60. The van der Waals surface area contributed by atoms with Crippen LogP contribution in [0.4, 0.5) is 5.69 Å². The molecule has 1 aromatic rings. The number of carbonyl (C=O) groups is 1. The van der Waals surface area contributed by atoms with Crippen LogP contribution in [-0.2, 0) is 16.6 Å². The first kappa shape index (κ1) is 15.1. The second-order valence-electron chi connectivity index (χ2n) is 7.12. The van der Waals surface area contributed by atoms with Crippen LogP contribution >= 0.6 is 0 Å². The van der Waals surface area contributed by atoms with Crippen molar-refractivity contribution in [1.82, 2.24) is 15.1 Å². The van der Waals surface area contributed by atoms with Crippen molar-refractivity contribution in [3.63, 3.8) is 0 Å². The van der Waals surface area contributed by atoms with Gasteiger partial charge >= 0.3 is 0 Å². The number of fused-ring (bicyclic) bond motifs is 1. The number of nitrogens with one attached hydrogen (secondary N) is 1. The van der Waals surface area contributed by atoms with Crippen molar-refractivity contribution in [2.24, 2.45) is 13.0 Å². The smallest absolute Gasteiger partial charge is 0.244 e. The molecule has 4 rings (SSSR count). The van der Waals surface area contributed by atoms with Gasteiger partial charge in [0.05, 0.1) is 24.0 Å². The summed E-state index contributed by atoms with van der Waals surface area (Å²) in [6, 6.07) is 0.368. The third-order valence-corrected chi connectivity index (χ3v) is 5.64. The van der Waals surface area contributed by atoms with Crippen LogP contribution in [0, 0.1) is 5.92 Å². The molecule has 4 atom stereocenters. The number of amides is 1. The Balaban J connectivity index is 1.45. The van der Waals surface area contributed by atoms with Gasteiger partial charge in [0.25, 0.3) is 0 Å². The highest BCUT2D eigenvalue weighted by atomic mass is 16.5. The van der Waals surface area contributed by atoms with E-state index in [4.69, 9.17) is 4.74 Å². The highest BCUT2D eigenvalue weighted by molar-refractivity contribution is 5.97. The van der Waals surface area contributed by atoms with E-state index in [2.05, 4.69) is 10.4 Å². The molecule has 6 nitrogen and oxygen atoms in total.